The molecule has 3 rings (SSSR count). The van der Waals surface area contributed by atoms with Crippen molar-refractivity contribution in [1.82, 2.24) is 4.98 Å². The molecule has 0 aromatic carbocycles. The van der Waals surface area contributed by atoms with Gasteiger partial charge in [-0.05, 0) is 43.2 Å². The third-order valence-corrected chi connectivity index (χ3v) is 6.38. The second-order valence-corrected chi connectivity index (χ2v) is 9.17. The van der Waals surface area contributed by atoms with Gasteiger partial charge < -0.3 is 15.9 Å². The van der Waals surface area contributed by atoms with Crippen molar-refractivity contribution in [2.75, 3.05) is 0 Å². The third-order valence-electron chi connectivity index (χ3n) is 5.22. The molecule has 0 aliphatic heterocycles. The highest BCUT2D eigenvalue weighted by atomic mass is 32.1. The van der Waals surface area contributed by atoms with Crippen LogP contribution in [0.5, 0.6) is 0 Å². The van der Waals surface area contributed by atoms with Gasteiger partial charge in [0.1, 0.15) is 0 Å². The molecule has 2 heterocycles. The smallest absolute Gasteiger partial charge is 0.337 e. The van der Waals surface area contributed by atoms with Gasteiger partial charge >= 0.3 is 5.97 Å². The molecule has 2 aromatic rings. The SMILES string of the molecule is CC(C)C[C@H](N)[C@](O)(Cc1nccc2sc(CCC3CC3)cc12)C(=O)O. The molecule has 26 heavy (non-hydrogen) atoms. The average Bonchev–Trinajstić information content (AvgIpc) is 3.30. The van der Waals surface area contributed by atoms with E-state index >= 15 is 0 Å². The molecule has 1 aliphatic carbocycles. The highest BCUT2D eigenvalue weighted by Crippen LogP contribution is 2.36. The van der Waals surface area contributed by atoms with Gasteiger partial charge in [0, 0.05) is 33.6 Å². The minimum Gasteiger partial charge on any atom is -0.479 e. The molecule has 1 aliphatic rings. The summed E-state index contributed by atoms with van der Waals surface area (Å²) in [6.45, 7) is 3.93. The van der Waals surface area contributed by atoms with Crippen LogP contribution < -0.4 is 5.73 Å². The largest absolute Gasteiger partial charge is 0.479 e. The summed E-state index contributed by atoms with van der Waals surface area (Å²) in [5.41, 5.74) is 4.68. The van der Waals surface area contributed by atoms with Crippen LogP contribution in [0.2, 0.25) is 0 Å². The first kappa shape index (κ1) is 19.3. The van der Waals surface area contributed by atoms with Crippen LogP contribution in [0.25, 0.3) is 10.1 Å². The van der Waals surface area contributed by atoms with Gasteiger partial charge in [-0.2, -0.15) is 0 Å². The average molecular weight is 377 g/mol. The standard InChI is InChI=1S/C20H28N2O3S/c1-12(2)9-18(21)20(25,19(23)24)11-16-15-10-14(6-5-13-3-4-13)26-17(15)7-8-22-16/h7-8,10,12-13,18,25H,3-6,9,11,21H2,1-2H3,(H,23,24)/t18-,20+/m0/s1. The maximum Gasteiger partial charge on any atom is 0.337 e. The molecule has 2 aromatic heterocycles. The Morgan fingerprint density at radius 3 is 2.81 bits per heavy atom. The minimum absolute atomic E-state index is 0.0770. The fourth-order valence-corrected chi connectivity index (χ4v) is 4.51. The van der Waals surface area contributed by atoms with E-state index in [4.69, 9.17) is 5.73 Å². The molecular weight excluding hydrogens is 348 g/mol. The number of carbonyl (C=O) groups is 1. The van der Waals surface area contributed by atoms with Crippen LogP contribution in [0.4, 0.5) is 0 Å². The molecule has 142 valence electrons. The van der Waals surface area contributed by atoms with Crippen molar-refractivity contribution in [1.29, 1.82) is 0 Å². The number of fused-ring (bicyclic) bond motifs is 1. The summed E-state index contributed by atoms with van der Waals surface area (Å²) in [5, 5.41) is 21.4. The first-order chi connectivity index (χ1) is 12.3. The number of aromatic nitrogens is 1. The molecule has 6 heteroatoms. The maximum absolute atomic E-state index is 11.8. The first-order valence-corrected chi connectivity index (χ1v) is 10.2. The zero-order valence-corrected chi connectivity index (χ0v) is 16.3. The van der Waals surface area contributed by atoms with E-state index in [-0.39, 0.29) is 12.3 Å². The highest BCUT2D eigenvalue weighted by molar-refractivity contribution is 7.19. The fraction of sp³-hybridized carbons (Fsp3) is 0.600. The number of aliphatic hydroxyl groups is 1. The molecule has 0 spiro atoms. The summed E-state index contributed by atoms with van der Waals surface area (Å²) in [5.74, 6) is -0.201. The van der Waals surface area contributed by atoms with Gasteiger partial charge in [0.05, 0.1) is 5.69 Å². The van der Waals surface area contributed by atoms with Gasteiger partial charge in [0.25, 0.3) is 0 Å². The van der Waals surface area contributed by atoms with E-state index in [2.05, 4.69) is 11.1 Å². The summed E-state index contributed by atoms with van der Waals surface area (Å²) in [6.07, 6.45) is 7.01. The topological polar surface area (TPSA) is 96.4 Å². The Kier molecular flexibility index (Phi) is 5.65. The van der Waals surface area contributed by atoms with Gasteiger partial charge in [-0.15, -0.1) is 11.3 Å². The normalized spacial score (nSPS) is 18.2. The summed E-state index contributed by atoms with van der Waals surface area (Å²) in [7, 11) is 0. The molecule has 0 bridgehead atoms. The van der Waals surface area contributed by atoms with E-state index in [1.54, 1.807) is 17.5 Å². The van der Waals surface area contributed by atoms with Gasteiger partial charge in [-0.1, -0.05) is 26.7 Å². The Hall–Kier alpha value is -1.50. The molecule has 0 saturated heterocycles. The van der Waals surface area contributed by atoms with Crippen molar-refractivity contribution in [3.63, 3.8) is 0 Å². The van der Waals surface area contributed by atoms with Gasteiger partial charge in [-0.3, -0.25) is 4.98 Å². The fourth-order valence-electron chi connectivity index (χ4n) is 3.41. The predicted molar refractivity (Wildman–Crippen MR) is 104 cm³/mol. The number of nitrogens with two attached hydrogens (primary N) is 1. The number of hydrogen-bond donors (Lipinski definition) is 3. The van der Waals surface area contributed by atoms with Crippen molar-refractivity contribution in [2.45, 2.75) is 64.0 Å². The Bertz CT molecular complexity index is 784. The lowest BCUT2D eigenvalue weighted by molar-refractivity contribution is -0.161. The Labute approximate surface area is 158 Å². The van der Waals surface area contributed by atoms with E-state index in [9.17, 15) is 15.0 Å². The molecule has 0 unspecified atom stereocenters. The number of carboxylic acids is 1. The molecule has 2 atom stereocenters. The summed E-state index contributed by atoms with van der Waals surface area (Å²) in [4.78, 5) is 17.5. The zero-order valence-electron chi connectivity index (χ0n) is 15.4. The lowest BCUT2D eigenvalue weighted by atomic mass is 9.84. The van der Waals surface area contributed by atoms with Crippen LogP contribution in [-0.4, -0.2) is 32.8 Å². The predicted octanol–water partition coefficient (Wildman–Crippen LogP) is 3.37. The third kappa shape index (κ3) is 4.24. The Morgan fingerprint density at radius 2 is 2.19 bits per heavy atom. The number of rotatable bonds is 9. The number of hydrogen-bond acceptors (Lipinski definition) is 5. The number of pyridine rings is 1. The molecule has 1 fully saturated rings. The van der Waals surface area contributed by atoms with Gasteiger partial charge in [-0.25, -0.2) is 4.79 Å². The molecule has 5 nitrogen and oxygen atoms in total. The second-order valence-electron chi connectivity index (χ2n) is 8.01. The monoisotopic (exact) mass is 376 g/mol. The quantitative estimate of drug-likeness (QED) is 0.623. The van der Waals surface area contributed by atoms with Crippen LogP contribution in [0.1, 0.15) is 50.1 Å². The van der Waals surface area contributed by atoms with E-state index in [0.29, 0.717) is 12.1 Å². The maximum atomic E-state index is 11.8. The molecule has 0 radical (unpaired) electrons. The molecule has 0 amide bonds. The summed E-state index contributed by atoms with van der Waals surface area (Å²) in [6, 6.07) is 3.23. The molecular formula is C20H28N2O3S. The number of nitrogens with zero attached hydrogens (tertiary/aromatic N) is 1. The van der Waals surface area contributed by atoms with Gasteiger partial charge in [0.15, 0.2) is 5.60 Å². The number of aryl methyl sites for hydroxylation is 1. The number of aliphatic carboxylic acids is 1. The summed E-state index contributed by atoms with van der Waals surface area (Å²) >= 11 is 1.73. The van der Waals surface area contributed by atoms with Crippen molar-refractivity contribution < 1.29 is 15.0 Å². The van der Waals surface area contributed by atoms with E-state index in [1.165, 1.54) is 24.1 Å². The van der Waals surface area contributed by atoms with Crippen LogP contribution in [-0.2, 0) is 17.6 Å². The first-order valence-electron chi connectivity index (χ1n) is 9.37. The van der Waals surface area contributed by atoms with Crippen molar-refractivity contribution in [3.8, 4) is 0 Å². The number of thiophene rings is 1. The Morgan fingerprint density at radius 1 is 1.46 bits per heavy atom. The lowest BCUT2D eigenvalue weighted by Crippen LogP contribution is -2.56. The zero-order chi connectivity index (χ0) is 18.9. The van der Waals surface area contributed by atoms with Crippen LogP contribution >= 0.6 is 11.3 Å². The van der Waals surface area contributed by atoms with Crippen molar-refractivity contribution in [2.24, 2.45) is 17.6 Å². The van der Waals surface area contributed by atoms with Crippen molar-refractivity contribution >= 4 is 27.4 Å². The second kappa shape index (κ2) is 7.62. The minimum atomic E-state index is -2.01. The molecule has 1 saturated carbocycles. The number of carboxylic acid groups (broad SMARTS) is 1. The molecule has 4 N–H and O–H groups in total. The highest BCUT2D eigenvalue weighted by Gasteiger charge is 2.43. The van der Waals surface area contributed by atoms with E-state index in [1.807, 2.05) is 19.9 Å². The Balaban J connectivity index is 1.86. The summed E-state index contributed by atoms with van der Waals surface area (Å²) < 4.78 is 1.09. The van der Waals surface area contributed by atoms with E-state index < -0.39 is 17.6 Å². The van der Waals surface area contributed by atoms with E-state index in [0.717, 1.165) is 22.4 Å². The van der Waals surface area contributed by atoms with Gasteiger partial charge in [0.2, 0.25) is 0 Å². The van der Waals surface area contributed by atoms with Crippen LogP contribution in [0.3, 0.4) is 0 Å². The van der Waals surface area contributed by atoms with Crippen LogP contribution in [0.15, 0.2) is 18.3 Å². The van der Waals surface area contributed by atoms with Crippen LogP contribution in [0, 0.1) is 11.8 Å². The lowest BCUT2D eigenvalue weighted by Gasteiger charge is -2.30. The van der Waals surface area contributed by atoms with Crippen molar-refractivity contribution in [3.05, 3.63) is 28.9 Å².